The lowest BCUT2D eigenvalue weighted by molar-refractivity contribution is -0.121. The van der Waals surface area contributed by atoms with E-state index in [9.17, 15) is 9.90 Å². The highest BCUT2D eigenvalue weighted by Gasteiger charge is 2.41. The molecule has 3 N–H and O–H groups in total. The number of thiazole rings is 1. The molecule has 2 aromatic heterocycles. The van der Waals surface area contributed by atoms with Gasteiger partial charge in [0.2, 0.25) is 5.91 Å². The van der Waals surface area contributed by atoms with E-state index in [4.69, 9.17) is 0 Å². The lowest BCUT2D eigenvalue weighted by atomic mass is 9.80. The van der Waals surface area contributed by atoms with Gasteiger partial charge in [-0.05, 0) is 51.7 Å². The van der Waals surface area contributed by atoms with Gasteiger partial charge in [0.05, 0.1) is 28.0 Å². The van der Waals surface area contributed by atoms with Gasteiger partial charge in [0.25, 0.3) is 0 Å². The Morgan fingerprint density at radius 2 is 2.03 bits per heavy atom. The Kier molecular flexibility index (Phi) is 5.88. The van der Waals surface area contributed by atoms with Crippen LogP contribution < -0.4 is 10.6 Å². The Labute approximate surface area is 198 Å². The highest BCUT2D eigenvalue weighted by atomic mass is 32.1. The first-order valence-electron chi connectivity index (χ1n) is 11.7. The average Bonchev–Trinajstić information content (AvgIpc) is 3.33. The van der Waals surface area contributed by atoms with Crippen molar-refractivity contribution in [3.8, 4) is 0 Å². The summed E-state index contributed by atoms with van der Waals surface area (Å²) in [4.78, 5) is 20.2. The van der Waals surface area contributed by atoms with Crippen molar-refractivity contribution in [3.63, 3.8) is 0 Å². The van der Waals surface area contributed by atoms with Crippen LogP contribution in [0.1, 0.15) is 41.1 Å². The summed E-state index contributed by atoms with van der Waals surface area (Å²) in [5.74, 6) is 0.733. The predicted molar refractivity (Wildman–Crippen MR) is 130 cm³/mol. The summed E-state index contributed by atoms with van der Waals surface area (Å²) < 4.78 is 1.83. The number of hydrogen-bond donors (Lipinski definition) is 3. The van der Waals surface area contributed by atoms with Gasteiger partial charge in [-0.1, -0.05) is 11.6 Å². The molecule has 0 bridgehead atoms. The Morgan fingerprint density at radius 3 is 2.73 bits per heavy atom. The van der Waals surface area contributed by atoms with E-state index in [0.717, 1.165) is 65.4 Å². The maximum atomic E-state index is 12.5. The number of likely N-dealkylation sites (tertiary alicyclic amines) is 1. The van der Waals surface area contributed by atoms with Crippen LogP contribution in [0.25, 0.3) is 10.9 Å². The monoisotopic (exact) mass is 468 g/mol. The van der Waals surface area contributed by atoms with Crippen molar-refractivity contribution >= 4 is 34.0 Å². The first-order valence-corrected chi connectivity index (χ1v) is 12.5. The molecule has 9 heteroatoms. The molecule has 2 fully saturated rings. The summed E-state index contributed by atoms with van der Waals surface area (Å²) in [6.45, 7) is 5.99. The summed E-state index contributed by atoms with van der Waals surface area (Å²) in [5, 5.41) is 23.9. The number of carbonyl (C=O) groups excluding carboxylic acids is 1. The van der Waals surface area contributed by atoms with Crippen LogP contribution in [-0.4, -0.2) is 62.4 Å². The number of aryl methyl sites for hydroxylation is 3. The summed E-state index contributed by atoms with van der Waals surface area (Å²) in [7, 11) is 1.91. The summed E-state index contributed by atoms with van der Waals surface area (Å²) in [5.41, 5.74) is 1.49. The number of nitrogens with one attached hydrogen (secondary N) is 2. The Hall–Kier alpha value is -2.49. The fraction of sp³-hybridized carbons (Fsp3) is 0.542. The van der Waals surface area contributed by atoms with E-state index in [1.54, 1.807) is 11.3 Å². The molecule has 1 saturated heterocycles. The van der Waals surface area contributed by atoms with Gasteiger partial charge in [-0.25, -0.2) is 4.98 Å². The molecule has 1 saturated carbocycles. The van der Waals surface area contributed by atoms with Crippen molar-refractivity contribution < 1.29 is 9.90 Å². The molecule has 8 nitrogen and oxygen atoms in total. The number of rotatable bonds is 6. The molecule has 3 heterocycles. The lowest BCUT2D eigenvalue weighted by Gasteiger charge is -2.48. The third kappa shape index (κ3) is 4.49. The van der Waals surface area contributed by atoms with Gasteiger partial charge in [0, 0.05) is 37.8 Å². The van der Waals surface area contributed by atoms with Crippen molar-refractivity contribution in [2.45, 2.75) is 57.2 Å². The Morgan fingerprint density at radius 1 is 1.27 bits per heavy atom. The van der Waals surface area contributed by atoms with Gasteiger partial charge in [-0.2, -0.15) is 5.10 Å². The summed E-state index contributed by atoms with van der Waals surface area (Å²) in [6.07, 6.45) is 5.32. The highest BCUT2D eigenvalue weighted by molar-refractivity contribution is 7.11. The zero-order valence-electron chi connectivity index (χ0n) is 19.5. The molecular weight excluding hydrogens is 436 g/mol. The number of aromatic nitrogens is 3. The quantitative estimate of drug-likeness (QED) is 0.515. The van der Waals surface area contributed by atoms with Gasteiger partial charge in [-0.15, -0.1) is 11.3 Å². The number of benzene rings is 1. The number of hydrogen-bond acceptors (Lipinski definition) is 7. The normalized spacial score (nSPS) is 24.1. The number of fused-ring (bicyclic) bond motifs is 1. The van der Waals surface area contributed by atoms with Crippen LogP contribution in [0.5, 0.6) is 0 Å². The van der Waals surface area contributed by atoms with Crippen molar-refractivity contribution in [1.82, 2.24) is 25.0 Å². The molecule has 33 heavy (non-hydrogen) atoms. The van der Waals surface area contributed by atoms with Gasteiger partial charge >= 0.3 is 0 Å². The molecule has 0 atom stereocenters. The molecule has 0 unspecified atom stereocenters. The molecule has 1 amide bonds. The fourth-order valence-corrected chi connectivity index (χ4v) is 6.05. The standard InChI is InChI=1S/C24H32N6O2S/c1-15-4-5-20-19(10-15)23(28-29(20)3)26-12-22(31)27-17-13-30(14-17)18-6-8-24(32,9-7-18)21-11-25-16(2)33-21/h4-5,10-11,17-18,32H,6-9,12-14H2,1-3H3,(H,26,28)(H,27,31). The number of carbonyl (C=O) groups is 1. The zero-order chi connectivity index (χ0) is 23.2. The second kappa shape index (κ2) is 8.70. The van der Waals surface area contributed by atoms with E-state index >= 15 is 0 Å². The van der Waals surface area contributed by atoms with E-state index in [0.29, 0.717) is 6.04 Å². The van der Waals surface area contributed by atoms with Crippen molar-refractivity contribution in [2.24, 2.45) is 7.05 Å². The first-order chi connectivity index (χ1) is 15.8. The average molecular weight is 469 g/mol. The van der Waals surface area contributed by atoms with Gasteiger partial charge in [0.1, 0.15) is 5.60 Å². The molecule has 3 aromatic rings. The van der Waals surface area contributed by atoms with Crippen LogP contribution in [0.3, 0.4) is 0 Å². The topological polar surface area (TPSA) is 95.3 Å². The predicted octanol–water partition coefficient (Wildman–Crippen LogP) is 2.69. The van der Waals surface area contributed by atoms with Crippen LogP contribution >= 0.6 is 11.3 Å². The minimum atomic E-state index is -0.721. The van der Waals surface area contributed by atoms with Crippen molar-refractivity contribution in [2.75, 3.05) is 25.0 Å². The smallest absolute Gasteiger partial charge is 0.239 e. The molecule has 5 rings (SSSR count). The van der Waals surface area contributed by atoms with Gasteiger partial charge < -0.3 is 15.7 Å². The van der Waals surface area contributed by atoms with Crippen molar-refractivity contribution in [3.05, 3.63) is 39.8 Å². The minimum absolute atomic E-state index is 0.00955. The third-order valence-corrected chi connectivity index (χ3v) is 8.18. The SMILES string of the molecule is Cc1ccc2c(c1)c(NCC(=O)NC1CN(C3CCC(O)(c4cnc(C)s4)CC3)C1)nn2C. The van der Waals surface area contributed by atoms with Crippen LogP contribution in [0, 0.1) is 13.8 Å². The molecule has 1 aromatic carbocycles. The maximum absolute atomic E-state index is 12.5. The number of anilines is 1. The molecule has 176 valence electrons. The third-order valence-electron chi connectivity index (χ3n) is 7.08. The van der Waals surface area contributed by atoms with E-state index in [-0.39, 0.29) is 18.5 Å². The largest absolute Gasteiger partial charge is 0.384 e. The van der Waals surface area contributed by atoms with Crippen LogP contribution in [-0.2, 0) is 17.4 Å². The van der Waals surface area contributed by atoms with Crippen LogP contribution in [0.15, 0.2) is 24.4 Å². The van der Waals surface area contributed by atoms with Gasteiger partial charge in [0.15, 0.2) is 5.82 Å². The second-order valence-corrected chi connectivity index (χ2v) is 10.8. The Balaban J connectivity index is 1.07. The summed E-state index contributed by atoms with van der Waals surface area (Å²) in [6, 6.07) is 6.88. The fourth-order valence-electron chi connectivity index (χ4n) is 5.12. The molecule has 2 aliphatic rings. The van der Waals surface area contributed by atoms with E-state index in [1.807, 2.05) is 24.9 Å². The van der Waals surface area contributed by atoms with Gasteiger partial charge in [-0.3, -0.25) is 14.4 Å². The first kappa shape index (κ1) is 22.3. The Bertz CT molecular complexity index is 1160. The number of amides is 1. The zero-order valence-corrected chi connectivity index (χ0v) is 20.3. The minimum Gasteiger partial charge on any atom is -0.384 e. The van der Waals surface area contributed by atoms with E-state index < -0.39 is 5.60 Å². The van der Waals surface area contributed by atoms with Crippen LogP contribution in [0.2, 0.25) is 0 Å². The van der Waals surface area contributed by atoms with E-state index in [2.05, 4.69) is 50.7 Å². The second-order valence-electron chi connectivity index (χ2n) is 9.57. The maximum Gasteiger partial charge on any atom is 0.239 e. The summed E-state index contributed by atoms with van der Waals surface area (Å²) >= 11 is 1.60. The molecule has 0 spiro atoms. The molecular formula is C24H32N6O2S. The number of nitrogens with zero attached hydrogens (tertiary/aromatic N) is 4. The lowest BCUT2D eigenvalue weighted by Crippen LogP contribution is -2.63. The molecule has 1 aliphatic heterocycles. The highest BCUT2D eigenvalue weighted by Crippen LogP contribution is 2.41. The number of aliphatic hydroxyl groups is 1. The van der Waals surface area contributed by atoms with Crippen molar-refractivity contribution in [1.29, 1.82) is 0 Å². The molecule has 0 radical (unpaired) electrons. The van der Waals surface area contributed by atoms with Crippen LogP contribution in [0.4, 0.5) is 5.82 Å². The van der Waals surface area contributed by atoms with E-state index in [1.165, 1.54) is 5.56 Å². The molecule has 1 aliphatic carbocycles.